The Balaban J connectivity index is 1.34. The Morgan fingerprint density at radius 1 is 0.893 bits per heavy atom. The number of nitrogens with one attached hydrogen (secondary N) is 2. The first-order valence-electron chi connectivity index (χ1n) is 11.9. The van der Waals surface area contributed by atoms with Gasteiger partial charge in [-0.25, -0.2) is 0 Å². The molecular weight excluding hydrogens is 354 g/mol. The molecule has 1 spiro atoms. The zero-order valence-corrected chi connectivity index (χ0v) is 17.4. The molecule has 2 unspecified atom stereocenters. The lowest BCUT2D eigenvalue weighted by molar-refractivity contribution is -0.0948. The smallest absolute Gasteiger partial charge is 0.111 e. The molecule has 5 aliphatic heterocycles. The molecule has 6 nitrogen and oxygen atoms in total. The largest absolute Gasteiger partial charge is 0.378 e. The second-order valence-electron chi connectivity index (χ2n) is 9.71. The number of fused-ring (bicyclic) bond motifs is 5. The Morgan fingerprint density at radius 3 is 2.68 bits per heavy atom. The first-order chi connectivity index (χ1) is 13.8. The maximum absolute atomic E-state index is 6.58. The molecule has 0 aromatic carbocycles. The summed E-state index contributed by atoms with van der Waals surface area (Å²) in [6.07, 6.45) is 10.8. The molecule has 1 aliphatic carbocycles. The van der Waals surface area contributed by atoms with Crippen molar-refractivity contribution in [1.82, 2.24) is 15.5 Å². The topological polar surface area (TPSA) is 55.0 Å². The molecule has 28 heavy (non-hydrogen) atoms. The quantitative estimate of drug-likeness (QED) is 0.654. The van der Waals surface area contributed by atoms with Gasteiger partial charge in [0.2, 0.25) is 0 Å². The second kappa shape index (κ2) is 8.86. The highest BCUT2D eigenvalue weighted by molar-refractivity contribution is 5.04. The van der Waals surface area contributed by atoms with Crippen molar-refractivity contribution in [3.05, 3.63) is 0 Å². The second-order valence-corrected chi connectivity index (χ2v) is 9.71. The maximum Gasteiger partial charge on any atom is 0.111 e. The van der Waals surface area contributed by atoms with Crippen molar-refractivity contribution in [1.29, 1.82) is 0 Å². The molecule has 5 saturated heterocycles. The van der Waals surface area contributed by atoms with Gasteiger partial charge < -0.3 is 19.5 Å². The number of hydrogen-bond donors (Lipinski definition) is 2. The van der Waals surface area contributed by atoms with Crippen LogP contribution in [0.1, 0.15) is 51.4 Å². The average Bonchev–Trinajstić information content (AvgIpc) is 2.76. The minimum Gasteiger partial charge on any atom is -0.378 e. The molecule has 2 N–H and O–H groups in total. The highest BCUT2D eigenvalue weighted by atomic mass is 16.5. The fourth-order valence-corrected chi connectivity index (χ4v) is 6.61. The van der Waals surface area contributed by atoms with Crippen LogP contribution in [0.25, 0.3) is 0 Å². The summed E-state index contributed by atoms with van der Waals surface area (Å²) in [7, 11) is 0. The Hall–Kier alpha value is -0.240. The van der Waals surface area contributed by atoms with Crippen LogP contribution in [-0.2, 0) is 14.2 Å². The van der Waals surface area contributed by atoms with Crippen molar-refractivity contribution < 1.29 is 14.2 Å². The van der Waals surface area contributed by atoms with Gasteiger partial charge >= 0.3 is 0 Å². The van der Waals surface area contributed by atoms with Gasteiger partial charge in [-0.2, -0.15) is 0 Å². The Morgan fingerprint density at radius 2 is 1.82 bits per heavy atom. The highest BCUT2D eigenvalue weighted by Crippen LogP contribution is 2.38. The predicted molar refractivity (Wildman–Crippen MR) is 108 cm³/mol. The van der Waals surface area contributed by atoms with E-state index in [4.69, 9.17) is 14.2 Å². The van der Waals surface area contributed by atoms with E-state index in [0.717, 1.165) is 58.5 Å². The summed E-state index contributed by atoms with van der Waals surface area (Å²) in [4.78, 5) is 2.63. The van der Waals surface area contributed by atoms with Crippen LogP contribution in [0.3, 0.4) is 0 Å². The molecule has 2 bridgehead atoms. The number of rotatable bonds is 0. The normalized spacial score (nSPS) is 46.1. The first-order valence-corrected chi connectivity index (χ1v) is 11.9. The molecule has 160 valence electrons. The molecule has 1 saturated carbocycles. The molecule has 4 atom stereocenters. The molecular formula is C22H39N3O3. The van der Waals surface area contributed by atoms with E-state index in [1.807, 2.05) is 0 Å². The Labute approximate surface area is 170 Å². The monoisotopic (exact) mass is 393 g/mol. The van der Waals surface area contributed by atoms with Crippen LogP contribution >= 0.6 is 0 Å². The van der Waals surface area contributed by atoms with E-state index < -0.39 is 0 Å². The van der Waals surface area contributed by atoms with Crippen molar-refractivity contribution in [3.8, 4) is 0 Å². The molecule has 0 aromatic rings. The van der Waals surface area contributed by atoms with Crippen LogP contribution in [0, 0.1) is 11.8 Å². The maximum atomic E-state index is 6.58. The van der Waals surface area contributed by atoms with E-state index in [1.54, 1.807) is 0 Å². The van der Waals surface area contributed by atoms with Crippen LogP contribution in [0.2, 0.25) is 0 Å². The lowest BCUT2D eigenvalue weighted by Gasteiger charge is -2.52. The molecule has 6 rings (SSSR count). The molecule has 0 radical (unpaired) electrons. The van der Waals surface area contributed by atoms with E-state index in [1.165, 1.54) is 51.4 Å². The van der Waals surface area contributed by atoms with Crippen molar-refractivity contribution >= 4 is 0 Å². The van der Waals surface area contributed by atoms with Gasteiger partial charge in [-0.15, -0.1) is 0 Å². The number of piperidine rings is 2. The van der Waals surface area contributed by atoms with E-state index in [-0.39, 0.29) is 11.8 Å². The minimum absolute atomic E-state index is 0.0551. The number of hydrogen-bond acceptors (Lipinski definition) is 6. The number of ether oxygens (including phenoxy) is 3. The van der Waals surface area contributed by atoms with Crippen molar-refractivity contribution in [3.63, 3.8) is 0 Å². The number of morpholine rings is 1. The zero-order chi connectivity index (χ0) is 18.8. The Bertz CT molecular complexity index is 500. The third-order valence-corrected chi connectivity index (χ3v) is 8.17. The fraction of sp³-hybridized carbons (Fsp3) is 1.00. The van der Waals surface area contributed by atoms with Gasteiger partial charge in [0.15, 0.2) is 0 Å². The summed E-state index contributed by atoms with van der Waals surface area (Å²) in [6.45, 7) is 7.51. The molecule has 0 aromatic heterocycles. The average molecular weight is 394 g/mol. The van der Waals surface area contributed by atoms with Crippen molar-refractivity contribution in [2.24, 2.45) is 11.8 Å². The van der Waals surface area contributed by atoms with Gasteiger partial charge in [-0.1, -0.05) is 0 Å². The van der Waals surface area contributed by atoms with Gasteiger partial charge in [0.25, 0.3) is 0 Å². The van der Waals surface area contributed by atoms with Gasteiger partial charge in [-0.3, -0.25) is 10.2 Å². The molecule has 5 heterocycles. The summed E-state index contributed by atoms with van der Waals surface area (Å²) >= 11 is 0. The van der Waals surface area contributed by atoms with E-state index in [0.29, 0.717) is 18.1 Å². The van der Waals surface area contributed by atoms with Crippen LogP contribution in [0.4, 0.5) is 0 Å². The van der Waals surface area contributed by atoms with Gasteiger partial charge in [0.05, 0.1) is 44.1 Å². The third kappa shape index (κ3) is 4.01. The molecule has 6 heteroatoms. The SMILES string of the molecule is C1CNC2OCCN3CCC[C@]4(COCCN4)[C@H]3COC3CCC(CC3)C2C1. The van der Waals surface area contributed by atoms with Crippen LogP contribution in [0.5, 0.6) is 0 Å². The van der Waals surface area contributed by atoms with Gasteiger partial charge in [-0.05, 0) is 70.4 Å². The summed E-state index contributed by atoms with van der Waals surface area (Å²) in [5, 5.41) is 7.54. The van der Waals surface area contributed by atoms with E-state index >= 15 is 0 Å². The molecule has 6 fully saturated rings. The molecule has 6 aliphatic rings. The summed E-state index contributed by atoms with van der Waals surface area (Å²) in [6, 6.07) is 0.388. The molecule has 0 amide bonds. The standard InChI is InChI=1S/C22H39N3O3/c1-3-19-17-4-6-18(7-5-17)28-15-20-22(16-26-13-10-24-22)8-2-11-25(20)12-14-27-21(19)23-9-1/h17-21,23-24H,1-16H2/t17?,18?,19?,20-,21?,22+/m1/s1. The van der Waals surface area contributed by atoms with Crippen molar-refractivity contribution in [2.75, 3.05) is 52.6 Å². The predicted octanol–water partition coefficient (Wildman–Crippen LogP) is 1.74. The highest BCUT2D eigenvalue weighted by Gasteiger charge is 2.46. The van der Waals surface area contributed by atoms with Crippen molar-refractivity contribution in [2.45, 2.75) is 75.3 Å². The van der Waals surface area contributed by atoms with Crippen LogP contribution in [0.15, 0.2) is 0 Å². The Kier molecular flexibility index (Phi) is 6.24. The van der Waals surface area contributed by atoms with E-state index in [2.05, 4.69) is 15.5 Å². The van der Waals surface area contributed by atoms with Crippen LogP contribution < -0.4 is 10.6 Å². The minimum atomic E-state index is 0.0551. The van der Waals surface area contributed by atoms with Crippen LogP contribution in [-0.4, -0.2) is 81.4 Å². The lowest BCUT2D eigenvalue weighted by atomic mass is 9.75. The van der Waals surface area contributed by atoms with E-state index in [9.17, 15) is 0 Å². The summed E-state index contributed by atoms with van der Waals surface area (Å²) in [5.41, 5.74) is 0.0551. The lowest BCUT2D eigenvalue weighted by Crippen LogP contribution is -2.70. The zero-order valence-electron chi connectivity index (χ0n) is 17.4. The summed E-state index contributed by atoms with van der Waals surface area (Å²) in [5.74, 6) is 1.49. The fourth-order valence-electron chi connectivity index (χ4n) is 6.61. The van der Waals surface area contributed by atoms with Gasteiger partial charge in [0.1, 0.15) is 6.23 Å². The third-order valence-electron chi connectivity index (χ3n) is 8.17. The number of nitrogens with zero attached hydrogens (tertiary/aromatic N) is 1. The first kappa shape index (κ1) is 19.7. The summed E-state index contributed by atoms with van der Waals surface area (Å²) < 4.78 is 19.0. The van der Waals surface area contributed by atoms with Gasteiger partial charge in [0, 0.05) is 19.0 Å².